The van der Waals surface area contributed by atoms with E-state index in [9.17, 15) is 0 Å². The zero-order chi connectivity index (χ0) is 24.2. The standard InChI is InChI=1S/C9H18N2.2C9H17N/c1-8-10(5)6-7-11(8)9(2,3)4;2*1-8-6-5-7-10(8)9(2,3)4/h1,6-7H2,2-5H3;2*1,5-7H2,2-4H3. The first kappa shape index (κ1) is 27.5. The van der Waals surface area contributed by atoms with Crippen molar-refractivity contribution in [3.63, 3.8) is 0 Å². The van der Waals surface area contributed by atoms with Crippen molar-refractivity contribution in [1.29, 1.82) is 0 Å². The molecule has 0 N–H and O–H groups in total. The van der Waals surface area contributed by atoms with Gasteiger partial charge in [0.25, 0.3) is 0 Å². The van der Waals surface area contributed by atoms with Crippen LogP contribution in [0.5, 0.6) is 0 Å². The molecule has 0 saturated carbocycles. The van der Waals surface area contributed by atoms with Crippen molar-refractivity contribution in [2.45, 2.75) is 105 Å². The van der Waals surface area contributed by atoms with E-state index in [0.29, 0.717) is 0 Å². The minimum absolute atomic E-state index is 0.224. The predicted octanol–water partition coefficient (Wildman–Crippen LogP) is 6.29. The van der Waals surface area contributed by atoms with Crippen molar-refractivity contribution in [2.24, 2.45) is 0 Å². The smallest absolute Gasteiger partial charge is 0.0968 e. The molecule has 0 radical (unpaired) electrons. The van der Waals surface area contributed by atoms with Crippen LogP contribution in [0.25, 0.3) is 0 Å². The molecule has 0 aromatic heterocycles. The second-order valence-corrected chi connectivity index (χ2v) is 12.1. The molecule has 3 rings (SSSR count). The second-order valence-electron chi connectivity index (χ2n) is 12.1. The molecule has 3 heterocycles. The summed E-state index contributed by atoms with van der Waals surface area (Å²) in [6, 6.07) is 0. The van der Waals surface area contributed by atoms with Crippen molar-refractivity contribution >= 4 is 0 Å². The van der Waals surface area contributed by atoms with Gasteiger partial charge in [-0.3, -0.25) is 0 Å². The van der Waals surface area contributed by atoms with Crippen LogP contribution in [0.1, 0.15) is 88.0 Å². The van der Waals surface area contributed by atoms with E-state index in [1.54, 1.807) is 0 Å². The van der Waals surface area contributed by atoms with E-state index in [0.717, 1.165) is 18.9 Å². The summed E-state index contributed by atoms with van der Waals surface area (Å²) in [7, 11) is 2.09. The summed E-state index contributed by atoms with van der Waals surface area (Å²) in [6.07, 6.45) is 4.96. The van der Waals surface area contributed by atoms with Gasteiger partial charge in [-0.1, -0.05) is 19.7 Å². The lowest BCUT2D eigenvalue weighted by Crippen LogP contribution is -2.38. The van der Waals surface area contributed by atoms with Crippen LogP contribution in [0, 0.1) is 0 Å². The molecule has 0 unspecified atom stereocenters. The van der Waals surface area contributed by atoms with Crippen LogP contribution in [0.15, 0.2) is 37.0 Å². The van der Waals surface area contributed by atoms with Crippen molar-refractivity contribution < 1.29 is 0 Å². The van der Waals surface area contributed by atoms with Gasteiger partial charge in [-0.15, -0.1) is 0 Å². The van der Waals surface area contributed by atoms with Gasteiger partial charge >= 0.3 is 0 Å². The van der Waals surface area contributed by atoms with E-state index in [1.807, 2.05) is 0 Å². The summed E-state index contributed by atoms with van der Waals surface area (Å²) in [6.45, 7) is 36.8. The highest BCUT2D eigenvalue weighted by Crippen LogP contribution is 2.28. The molecule has 0 atom stereocenters. The van der Waals surface area contributed by atoms with Gasteiger partial charge in [0.05, 0.1) is 5.82 Å². The van der Waals surface area contributed by atoms with Crippen LogP contribution in [-0.4, -0.2) is 69.4 Å². The predicted molar refractivity (Wildman–Crippen MR) is 138 cm³/mol. The molecule has 31 heavy (non-hydrogen) atoms. The Morgan fingerprint density at radius 2 is 0.903 bits per heavy atom. The fourth-order valence-corrected chi connectivity index (χ4v) is 4.52. The van der Waals surface area contributed by atoms with Crippen LogP contribution in [0.2, 0.25) is 0 Å². The lowest BCUT2D eigenvalue weighted by atomic mass is 10.1. The summed E-state index contributed by atoms with van der Waals surface area (Å²) in [5.74, 6) is 1.15. The van der Waals surface area contributed by atoms with E-state index in [-0.39, 0.29) is 16.6 Å². The van der Waals surface area contributed by atoms with E-state index < -0.39 is 0 Å². The Labute approximate surface area is 194 Å². The molecule has 0 aromatic rings. The van der Waals surface area contributed by atoms with Crippen LogP contribution < -0.4 is 0 Å². The second kappa shape index (κ2) is 10.4. The first-order valence-electron chi connectivity index (χ1n) is 12.0. The highest BCUT2D eigenvalue weighted by molar-refractivity contribution is 5.05. The average molecular weight is 433 g/mol. The number of likely N-dealkylation sites (N-methyl/N-ethyl adjacent to an activating group) is 1. The maximum Gasteiger partial charge on any atom is 0.0968 e. The third-order valence-electron chi connectivity index (χ3n) is 6.30. The summed E-state index contributed by atoms with van der Waals surface area (Å²) in [4.78, 5) is 9.33. The van der Waals surface area contributed by atoms with E-state index in [4.69, 9.17) is 0 Å². The zero-order valence-electron chi connectivity index (χ0n) is 22.6. The maximum absolute atomic E-state index is 4.03. The molecule has 3 saturated heterocycles. The van der Waals surface area contributed by atoms with Crippen LogP contribution in [0.4, 0.5) is 0 Å². The minimum atomic E-state index is 0.224. The first-order chi connectivity index (χ1) is 14.0. The molecule has 0 bridgehead atoms. The molecule has 3 aliphatic rings. The highest BCUT2D eigenvalue weighted by atomic mass is 15.4. The zero-order valence-corrected chi connectivity index (χ0v) is 22.6. The Hall–Kier alpha value is -1.58. The minimum Gasteiger partial charge on any atom is -0.370 e. The summed E-state index contributed by atoms with van der Waals surface area (Å²) in [5.41, 5.74) is 3.42. The van der Waals surface area contributed by atoms with Crippen LogP contribution in [-0.2, 0) is 0 Å². The Morgan fingerprint density at radius 3 is 1.03 bits per heavy atom. The number of nitrogens with zero attached hydrogens (tertiary/aromatic N) is 4. The van der Waals surface area contributed by atoms with Gasteiger partial charge in [0.1, 0.15) is 0 Å². The molecule has 0 amide bonds. The van der Waals surface area contributed by atoms with Gasteiger partial charge < -0.3 is 19.6 Å². The Balaban J connectivity index is 0.000000233. The highest BCUT2D eigenvalue weighted by Gasteiger charge is 2.29. The van der Waals surface area contributed by atoms with Crippen molar-refractivity contribution in [3.05, 3.63) is 37.0 Å². The molecule has 3 fully saturated rings. The SMILES string of the molecule is C=C1CCCN1C(C)(C)C.C=C1CCCN1C(C)(C)C.C=C1N(C)CCN1C(C)(C)C. The lowest BCUT2D eigenvalue weighted by molar-refractivity contribution is 0.204. The molecular formula is C27H52N4. The van der Waals surface area contributed by atoms with Crippen LogP contribution in [0.3, 0.4) is 0 Å². The number of hydrogen-bond acceptors (Lipinski definition) is 4. The topological polar surface area (TPSA) is 13.0 Å². The van der Waals surface area contributed by atoms with Gasteiger partial charge in [-0.05, 0) is 88.0 Å². The third kappa shape index (κ3) is 8.12. The van der Waals surface area contributed by atoms with E-state index in [2.05, 4.69) is 109 Å². The number of hydrogen-bond donors (Lipinski definition) is 0. The van der Waals surface area contributed by atoms with Crippen LogP contribution >= 0.6 is 0 Å². The molecule has 0 aliphatic carbocycles. The maximum atomic E-state index is 4.03. The van der Waals surface area contributed by atoms with Gasteiger partial charge in [-0.2, -0.15) is 0 Å². The van der Waals surface area contributed by atoms with Gasteiger partial charge in [-0.25, -0.2) is 0 Å². The quantitative estimate of drug-likeness (QED) is 0.446. The molecule has 180 valence electrons. The Morgan fingerprint density at radius 1 is 0.548 bits per heavy atom. The lowest BCUT2D eigenvalue weighted by Gasteiger charge is -2.34. The Kier molecular flexibility index (Phi) is 9.17. The fraction of sp³-hybridized carbons (Fsp3) is 0.778. The number of likely N-dealkylation sites (tertiary alicyclic amines) is 2. The van der Waals surface area contributed by atoms with E-state index in [1.165, 1.54) is 50.2 Å². The third-order valence-corrected chi connectivity index (χ3v) is 6.30. The van der Waals surface area contributed by atoms with Crippen molar-refractivity contribution in [1.82, 2.24) is 19.6 Å². The molecule has 0 aromatic carbocycles. The normalized spacial score (nSPS) is 20.1. The largest absolute Gasteiger partial charge is 0.370 e. The fourth-order valence-electron chi connectivity index (χ4n) is 4.52. The summed E-state index contributed by atoms with van der Waals surface area (Å²) >= 11 is 0. The summed E-state index contributed by atoms with van der Waals surface area (Å²) in [5, 5.41) is 0. The monoisotopic (exact) mass is 432 g/mol. The van der Waals surface area contributed by atoms with Crippen molar-refractivity contribution in [2.75, 3.05) is 33.2 Å². The van der Waals surface area contributed by atoms with E-state index >= 15 is 0 Å². The molecular weight excluding hydrogens is 380 g/mol. The van der Waals surface area contributed by atoms with Gasteiger partial charge in [0.2, 0.25) is 0 Å². The molecule has 4 nitrogen and oxygen atoms in total. The molecule has 3 aliphatic heterocycles. The Bertz CT molecular complexity index is 591. The van der Waals surface area contributed by atoms with Gasteiger partial charge in [0, 0.05) is 61.2 Å². The summed E-state index contributed by atoms with van der Waals surface area (Å²) < 4.78 is 0. The molecule has 4 heteroatoms. The number of allylic oxidation sites excluding steroid dienone is 2. The first-order valence-corrected chi connectivity index (χ1v) is 12.0. The average Bonchev–Trinajstić information content (AvgIpc) is 3.28. The van der Waals surface area contributed by atoms with Gasteiger partial charge in [0.15, 0.2) is 0 Å². The number of rotatable bonds is 0. The molecule has 0 spiro atoms. The van der Waals surface area contributed by atoms with Crippen molar-refractivity contribution in [3.8, 4) is 0 Å².